The molecule has 6 atom stereocenters. The number of hydrogen-bond acceptors (Lipinski definition) is 0. The Labute approximate surface area is 107 Å². The average Bonchev–Trinajstić information content (AvgIpc) is 2.43. The second-order valence-corrected chi connectivity index (χ2v) is 8.15. The topological polar surface area (TPSA) is 16.6 Å². The molecule has 4 fully saturated rings. The number of nitrogens with two attached hydrogens (primary N) is 1. The maximum Gasteiger partial charge on any atom is 0.0677 e. The van der Waals surface area contributed by atoms with Gasteiger partial charge >= 0.3 is 0 Å². The fraction of sp³-hybridized carbons (Fsp3) is 0.938. The number of hydrogen-bond donors (Lipinski definition) is 1. The van der Waals surface area contributed by atoms with Gasteiger partial charge in [0.2, 0.25) is 0 Å². The van der Waals surface area contributed by atoms with Gasteiger partial charge in [-0.25, -0.2) is 0 Å². The van der Waals surface area contributed by atoms with Crippen LogP contribution in [0.25, 0.3) is 0 Å². The van der Waals surface area contributed by atoms with Gasteiger partial charge in [-0.3, -0.25) is 0 Å². The lowest BCUT2D eigenvalue weighted by Gasteiger charge is -2.57. The minimum Gasteiger partial charge on any atom is -0.476 e. The van der Waals surface area contributed by atoms with Crippen molar-refractivity contribution in [3.63, 3.8) is 0 Å². The van der Waals surface area contributed by atoms with Crippen molar-refractivity contribution >= 4 is 0 Å². The van der Waals surface area contributed by atoms with E-state index in [9.17, 15) is 0 Å². The molecule has 4 bridgehead atoms. The fourth-order valence-electron chi connectivity index (χ4n) is 6.10. The molecule has 0 spiro atoms. The molecule has 0 saturated heterocycles. The van der Waals surface area contributed by atoms with Crippen molar-refractivity contribution in [1.29, 1.82) is 0 Å². The number of rotatable bonds is 2. The van der Waals surface area contributed by atoms with Crippen LogP contribution in [-0.2, 0) is 0 Å². The summed E-state index contributed by atoms with van der Waals surface area (Å²) < 4.78 is 0. The smallest absolute Gasteiger partial charge is 0.0677 e. The molecule has 98 valence electrons. The Balaban J connectivity index is 1.94. The summed E-state index contributed by atoms with van der Waals surface area (Å²) in [6.07, 6.45) is 5.87. The molecule has 4 aliphatic carbocycles. The van der Waals surface area contributed by atoms with Crippen LogP contribution in [0.2, 0.25) is 0 Å². The van der Waals surface area contributed by atoms with Crippen molar-refractivity contribution < 1.29 is 5.32 Å². The molecule has 0 aliphatic heterocycles. The van der Waals surface area contributed by atoms with Crippen LogP contribution in [-0.4, -0.2) is 6.04 Å². The van der Waals surface area contributed by atoms with Gasteiger partial charge in [-0.05, 0) is 48.3 Å². The second kappa shape index (κ2) is 3.50. The summed E-state index contributed by atoms with van der Waals surface area (Å²) >= 11 is 0. The van der Waals surface area contributed by atoms with E-state index in [4.69, 9.17) is 0 Å². The van der Waals surface area contributed by atoms with E-state index in [2.05, 4.69) is 40.1 Å². The molecule has 4 saturated carbocycles. The average molecular weight is 235 g/mol. The summed E-state index contributed by atoms with van der Waals surface area (Å²) in [5.74, 6) is 3.90. The molecular weight excluding hydrogens is 206 g/mol. The molecule has 0 amide bonds. The van der Waals surface area contributed by atoms with Crippen LogP contribution in [0.3, 0.4) is 0 Å². The third-order valence-corrected chi connectivity index (χ3v) is 6.72. The van der Waals surface area contributed by atoms with Crippen LogP contribution < -0.4 is 5.32 Å². The first kappa shape index (κ1) is 12.0. The van der Waals surface area contributed by atoms with Gasteiger partial charge in [0.25, 0.3) is 0 Å². The van der Waals surface area contributed by atoms with Gasteiger partial charge in [0.1, 0.15) is 0 Å². The molecule has 0 heterocycles. The maximum absolute atomic E-state index is 4.10. The Morgan fingerprint density at radius 2 is 1.88 bits per heavy atom. The van der Waals surface area contributed by atoms with Gasteiger partial charge in [-0.15, -0.1) is 0 Å². The van der Waals surface area contributed by atoms with Crippen molar-refractivity contribution in [3.05, 3.63) is 7.05 Å². The van der Waals surface area contributed by atoms with Crippen molar-refractivity contribution in [2.45, 2.75) is 59.4 Å². The molecule has 17 heavy (non-hydrogen) atoms. The second-order valence-electron chi connectivity index (χ2n) is 8.15. The molecule has 1 heteroatoms. The van der Waals surface area contributed by atoms with E-state index in [1.807, 2.05) is 0 Å². The summed E-state index contributed by atoms with van der Waals surface area (Å²) in [5.41, 5.74) is 1.23. The summed E-state index contributed by atoms with van der Waals surface area (Å²) in [4.78, 5) is 0. The highest BCUT2D eigenvalue weighted by Gasteiger charge is 2.64. The maximum atomic E-state index is 4.10. The Kier molecular flexibility index (Phi) is 2.47. The quantitative estimate of drug-likeness (QED) is 0.709. The number of fused-ring (bicyclic) bond motifs is 1. The van der Waals surface area contributed by atoms with E-state index in [0.717, 1.165) is 29.7 Å². The summed E-state index contributed by atoms with van der Waals surface area (Å²) in [5, 5.41) is 2.26. The molecule has 5 unspecified atom stereocenters. The van der Waals surface area contributed by atoms with Gasteiger partial charge in [0.15, 0.2) is 0 Å². The first-order valence-electron chi connectivity index (χ1n) is 7.52. The van der Waals surface area contributed by atoms with Crippen LogP contribution >= 0.6 is 0 Å². The Morgan fingerprint density at radius 3 is 2.41 bits per heavy atom. The summed E-state index contributed by atoms with van der Waals surface area (Å²) in [6, 6.07) is 0.794. The highest BCUT2D eigenvalue weighted by atomic mass is 14.9. The van der Waals surface area contributed by atoms with E-state index in [-0.39, 0.29) is 0 Å². The molecule has 0 aromatic heterocycles. The van der Waals surface area contributed by atoms with Gasteiger partial charge in [-0.1, -0.05) is 27.7 Å². The van der Waals surface area contributed by atoms with Gasteiger partial charge in [0, 0.05) is 11.8 Å². The van der Waals surface area contributed by atoms with Crippen LogP contribution in [0.5, 0.6) is 0 Å². The standard InChI is InChI=1S/C16H29N/c1-10(2)11-7-15(3)9-16(4)8-12(11)13(15)6-14(16)17-5/h10-14H,5-9,17H2,1-4H3/t11-,12?,13?,14?,15?,16?/m1/s1. The minimum absolute atomic E-state index is 0.569. The lowest BCUT2D eigenvalue weighted by molar-refractivity contribution is -0.659. The molecule has 0 aromatic carbocycles. The molecule has 4 aliphatic rings. The normalized spacial score (nSPS) is 56.8. The summed E-state index contributed by atoms with van der Waals surface area (Å²) in [6.45, 7) is 10.0. The van der Waals surface area contributed by atoms with E-state index in [1.54, 1.807) is 0 Å². The Morgan fingerprint density at radius 1 is 1.18 bits per heavy atom. The zero-order chi connectivity index (χ0) is 12.4. The highest BCUT2D eigenvalue weighted by Crippen LogP contribution is 2.69. The number of quaternary nitrogens is 1. The van der Waals surface area contributed by atoms with Crippen molar-refractivity contribution in [2.24, 2.45) is 34.5 Å². The highest BCUT2D eigenvalue weighted by molar-refractivity contribution is 5.13. The molecule has 4 rings (SSSR count). The van der Waals surface area contributed by atoms with E-state index in [0.29, 0.717) is 10.8 Å². The molecular formula is C16H29N. The van der Waals surface area contributed by atoms with Crippen molar-refractivity contribution in [2.75, 3.05) is 0 Å². The largest absolute Gasteiger partial charge is 0.476 e. The SMILES string of the molecule is [CH2-][NH2+]C1CC2C3CC1(C)CC2(C)C[C@@H]3C(C)C. The zero-order valence-electron chi connectivity index (χ0n) is 12.0. The minimum atomic E-state index is 0.569. The lowest BCUT2D eigenvalue weighted by Crippen LogP contribution is -2.89. The third-order valence-electron chi connectivity index (χ3n) is 6.72. The monoisotopic (exact) mass is 235 g/mol. The van der Waals surface area contributed by atoms with Crippen LogP contribution in [0, 0.1) is 41.5 Å². The van der Waals surface area contributed by atoms with Gasteiger partial charge < -0.3 is 5.32 Å². The predicted molar refractivity (Wildman–Crippen MR) is 71.1 cm³/mol. The summed E-state index contributed by atoms with van der Waals surface area (Å²) in [7, 11) is 4.10. The Hall–Kier alpha value is -0.0400. The van der Waals surface area contributed by atoms with E-state index in [1.165, 1.54) is 25.7 Å². The zero-order valence-corrected chi connectivity index (χ0v) is 12.0. The van der Waals surface area contributed by atoms with Crippen LogP contribution in [0.4, 0.5) is 0 Å². The Bertz CT molecular complexity index is 323. The molecule has 2 N–H and O–H groups in total. The van der Waals surface area contributed by atoms with Crippen LogP contribution in [0.1, 0.15) is 53.4 Å². The predicted octanol–water partition coefficient (Wildman–Crippen LogP) is 2.83. The van der Waals surface area contributed by atoms with Crippen molar-refractivity contribution in [1.82, 2.24) is 0 Å². The lowest BCUT2D eigenvalue weighted by atomic mass is 9.49. The molecule has 1 nitrogen and oxygen atoms in total. The first-order chi connectivity index (χ1) is 7.89. The molecule has 0 aromatic rings. The first-order valence-corrected chi connectivity index (χ1v) is 7.52. The van der Waals surface area contributed by atoms with Crippen LogP contribution in [0.15, 0.2) is 0 Å². The molecule has 0 radical (unpaired) electrons. The third kappa shape index (κ3) is 1.47. The van der Waals surface area contributed by atoms with Gasteiger partial charge in [0.05, 0.1) is 6.04 Å². The van der Waals surface area contributed by atoms with Crippen molar-refractivity contribution in [3.8, 4) is 0 Å². The van der Waals surface area contributed by atoms with Gasteiger partial charge in [-0.2, -0.15) is 7.05 Å². The fourth-order valence-corrected chi connectivity index (χ4v) is 6.10. The van der Waals surface area contributed by atoms with E-state index < -0.39 is 0 Å². The van der Waals surface area contributed by atoms with E-state index >= 15 is 0 Å².